The highest BCUT2D eigenvalue weighted by Gasteiger charge is 2.64. The first kappa shape index (κ1) is 38.1. The lowest BCUT2D eigenvalue weighted by Crippen LogP contribution is -2.58. The summed E-state index contributed by atoms with van der Waals surface area (Å²) in [6.45, 7) is 10.8. The van der Waals surface area contributed by atoms with Crippen molar-refractivity contribution in [3.05, 3.63) is 47.2 Å². The Morgan fingerprint density at radius 2 is 1.83 bits per heavy atom. The standard InChI is InChI=1S/C40H53N5O8S/c1-24-14-15-29-28(20-24)27-16-17-39(52-32(27)25(2)41-29)22-31-33(46)43-40(35(48)44-54(50,51)38(6)18-19-38)21-26(40)12-10-8-7-9-11-13-30(34(47)45(31)23-39)42-36(49)53-37(3,4)5/h10,12,14-15,20,26,30-31H,7-9,11,13,16-19,21-23H2,1-6H3,(H,42,49)(H,43,46)(H,44,48)/b12-10-/t26-,30+,31+,39-,40-/m1/s1. The molecular weight excluding hydrogens is 711 g/mol. The van der Waals surface area contributed by atoms with Gasteiger partial charge in [0.1, 0.15) is 34.6 Å². The van der Waals surface area contributed by atoms with E-state index in [0.717, 1.165) is 34.9 Å². The van der Waals surface area contributed by atoms with Crippen molar-refractivity contribution >= 4 is 44.7 Å². The molecule has 5 atom stereocenters. The van der Waals surface area contributed by atoms with E-state index in [1.807, 2.05) is 38.1 Å². The number of carbonyl (C=O) groups is 4. The van der Waals surface area contributed by atoms with E-state index in [-0.39, 0.29) is 19.4 Å². The molecule has 292 valence electrons. The van der Waals surface area contributed by atoms with Gasteiger partial charge in [-0.2, -0.15) is 0 Å². The fourth-order valence-electron chi connectivity index (χ4n) is 8.26. The lowest BCUT2D eigenvalue weighted by molar-refractivity contribution is -0.141. The SMILES string of the molecule is Cc1ccc2nc(C)c3c(c2c1)CC[C@]1(C[C@H]2C(=O)N[C@]4(C(=O)NS(=O)(=O)C5(C)CC5)C[C@H]4/C=C\CCCCC[C@H](NC(=O)OC(C)(C)C)C(=O)N2C1)O3. The number of pyridine rings is 1. The summed E-state index contributed by atoms with van der Waals surface area (Å²) in [6.07, 6.45) is 8.79. The minimum atomic E-state index is -3.98. The number of aromatic nitrogens is 1. The quantitative estimate of drug-likeness (QED) is 0.370. The van der Waals surface area contributed by atoms with Crippen LogP contribution in [0.4, 0.5) is 4.79 Å². The van der Waals surface area contributed by atoms with Gasteiger partial charge in [-0.05, 0) is 105 Å². The van der Waals surface area contributed by atoms with Gasteiger partial charge in [-0.3, -0.25) is 19.1 Å². The molecule has 1 saturated heterocycles. The number of aryl methyl sites for hydroxylation is 3. The third-order valence-electron chi connectivity index (χ3n) is 11.8. The zero-order chi connectivity index (χ0) is 38.8. The van der Waals surface area contributed by atoms with Crippen LogP contribution in [-0.2, 0) is 35.6 Å². The zero-order valence-electron chi connectivity index (χ0n) is 32.2. The Kier molecular flexibility index (Phi) is 9.54. The second-order valence-corrected chi connectivity index (χ2v) is 19.6. The summed E-state index contributed by atoms with van der Waals surface area (Å²) >= 11 is 0. The van der Waals surface area contributed by atoms with Crippen LogP contribution in [0.25, 0.3) is 10.9 Å². The Morgan fingerprint density at radius 1 is 1.07 bits per heavy atom. The maximum absolute atomic E-state index is 14.7. The molecule has 2 aliphatic carbocycles. The maximum atomic E-state index is 14.7. The Hall–Kier alpha value is -4.20. The van der Waals surface area contributed by atoms with E-state index >= 15 is 0 Å². The summed E-state index contributed by atoms with van der Waals surface area (Å²) in [7, 11) is -3.98. The molecular formula is C40H53N5O8S. The van der Waals surface area contributed by atoms with Crippen LogP contribution in [0.15, 0.2) is 30.4 Å². The molecule has 2 aromatic rings. The van der Waals surface area contributed by atoms with Gasteiger partial charge >= 0.3 is 6.09 Å². The highest BCUT2D eigenvalue weighted by atomic mass is 32.2. The van der Waals surface area contributed by atoms with E-state index < -0.39 is 73.3 Å². The van der Waals surface area contributed by atoms with Crippen LogP contribution >= 0.6 is 0 Å². The van der Waals surface area contributed by atoms with Gasteiger partial charge in [0.2, 0.25) is 21.8 Å². The Labute approximate surface area is 317 Å². The first-order valence-electron chi connectivity index (χ1n) is 19.3. The molecule has 13 nitrogen and oxygen atoms in total. The molecule has 54 heavy (non-hydrogen) atoms. The minimum Gasteiger partial charge on any atom is -0.483 e. The number of hydrogen-bond donors (Lipinski definition) is 3. The van der Waals surface area contributed by atoms with Crippen molar-refractivity contribution in [2.45, 2.75) is 146 Å². The van der Waals surface area contributed by atoms with Crippen molar-refractivity contribution in [1.29, 1.82) is 0 Å². The fraction of sp³-hybridized carbons (Fsp3) is 0.625. The Morgan fingerprint density at radius 3 is 2.56 bits per heavy atom. The average molecular weight is 764 g/mol. The van der Waals surface area contributed by atoms with Crippen LogP contribution in [-0.4, -0.2) is 82.2 Å². The summed E-state index contributed by atoms with van der Waals surface area (Å²) in [5.41, 5.74) is 0.455. The second-order valence-electron chi connectivity index (χ2n) is 17.4. The predicted molar refractivity (Wildman–Crippen MR) is 202 cm³/mol. The molecule has 1 spiro atoms. The van der Waals surface area contributed by atoms with E-state index in [1.54, 1.807) is 27.7 Å². The van der Waals surface area contributed by atoms with Gasteiger partial charge in [-0.25, -0.2) is 18.2 Å². The number of hydrogen-bond acceptors (Lipinski definition) is 9. The molecule has 1 aromatic heterocycles. The molecule has 3 fully saturated rings. The molecule has 1 aromatic carbocycles. The van der Waals surface area contributed by atoms with Gasteiger partial charge in [0.25, 0.3) is 5.91 Å². The molecule has 3 aliphatic heterocycles. The molecule has 5 aliphatic rings. The van der Waals surface area contributed by atoms with Crippen molar-refractivity contribution in [3.63, 3.8) is 0 Å². The van der Waals surface area contributed by atoms with Crippen molar-refractivity contribution in [2.24, 2.45) is 5.92 Å². The number of ether oxygens (including phenoxy) is 2. The van der Waals surface area contributed by atoms with Gasteiger partial charge in [0.15, 0.2) is 0 Å². The lowest BCUT2D eigenvalue weighted by atomic mass is 9.87. The molecule has 7 rings (SSSR count). The van der Waals surface area contributed by atoms with E-state index in [0.29, 0.717) is 56.4 Å². The number of allylic oxidation sites excluding steroid dienone is 1. The number of rotatable bonds is 4. The molecule has 14 heteroatoms. The minimum absolute atomic E-state index is 0.0659. The van der Waals surface area contributed by atoms with E-state index in [9.17, 15) is 27.6 Å². The largest absolute Gasteiger partial charge is 0.483 e. The molecule has 0 unspecified atom stereocenters. The number of nitrogens with zero attached hydrogens (tertiary/aromatic N) is 2. The summed E-state index contributed by atoms with van der Waals surface area (Å²) < 4.78 is 40.1. The van der Waals surface area contributed by atoms with Crippen LogP contribution < -0.4 is 20.1 Å². The molecule has 0 bridgehead atoms. The molecule has 3 N–H and O–H groups in total. The highest BCUT2D eigenvalue weighted by molar-refractivity contribution is 7.91. The number of benzene rings is 1. The first-order valence-corrected chi connectivity index (χ1v) is 20.8. The molecule has 4 amide bonds. The third kappa shape index (κ3) is 7.29. The third-order valence-corrected chi connectivity index (χ3v) is 14.0. The van der Waals surface area contributed by atoms with Crippen molar-refractivity contribution in [2.75, 3.05) is 6.54 Å². The summed E-state index contributed by atoms with van der Waals surface area (Å²) in [6, 6.07) is 4.07. The number of sulfonamides is 1. The summed E-state index contributed by atoms with van der Waals surface area (Å²) in [5.74, 6) is -1.58. The van der Waals surface area contributed by atoms with E-state index in [1.165, 1.54) is 4.90 Å². The van der Waals surface area contributed by atoms with Crippen LogP contribution in [0.5, 0.6) is 5.75 Å². The summed E-state index contributed by atoms with van der Waals surface area (Å²) in [5, 5.41) is 6.75. The number of alkyl carbamates (subject to hydrolysis) is 1. The van der Waals surface area contributed by atoms with Gasteiger partial charge in [0, 0.05) is 23.3 Å². The second kappa shape index (κ2) is 13.5. The lowest BCUT2D eigenvalue weighted by Gasteiger charge is -2.37. The van der Waals surface area contributed by atoms with Crippen LogP contribution in [0, 0.1) is 19.8 Å². The monoisotopic (exact) mass is 763 g/mol. The number of fused-ring (bicyclic) bond motifs is 5. The van der Waals surface area contributed by atoms with Gasteiger partial charge in [-0.15, -0.1) is 0 Å². The fourth-order valence-corrected chi connectivity index (χ4v) is 9.57. The maximum Gasteiger partial charge on any atom is 0.408 e. The van der Waals surface area contributed by atoms with Gasteiger partial charge < -0.3 is 25.0 Å². The highest BCUT2D eigenvalue weighted by Crippen LogP contribution is 2.49. The average Bonchev–Trinajstić information content (AvgIpc) is 3.98. The van der Waals surface area contributed by atoms with E-state index in [2.05, 4.69) is 21.4 Å². The van der Waals surface area contributed by atoms with Gasteiger partial charge in [-0.1, -0.05) is 36.6 Å². The smallest absolute Gasteiger partial charge is 0.408 e. The van der Waals surface area contributed by atoms with Gasteiger partial charge in [0.05, 0.1) is 22.5 Å². The Balaban J connectivity index is 1.24. The zero-order valence-corrected chi connectivity index (χ0v) is 33.0. The van der Waals surface area contributed by atoms with Crippen molar-refractivity contribution < 1.29 is 37.1 Å². The topological polar surface area (TPSA) is 173 Å². The molecule has 4 heterocycles. The first-order chi connectivity index (χ1) is 25.3. The van der Waals surface area contributed by atoms with Crippen molar-refractivity contribution in [3.8, 4) is 5.75 Å². The normalized spacial score (nSPS) is 30.0. The summed E-state index contributed by atoms with van der Waals surface area (Å²) in [4.78, 5) is 62.7. The number of nitrogens with one attached hydrogen (secondary N) is 3. The predicted octanol–water partition coefficient (Wildman–Crippen LogP) is 4.80. The van der Waals surface area contributed by atoms with Crippen molar-refractivity contribution in [1.82, 2.24) is 25.2 Å². The Bertz CT molecular complexity index is 2040. The van der Waals surface area contributed by atoms with Crippen LogP contribution in [0.3, 0.4) is 0 Å². The molecule has 0 radical (unpaired) electrons. The number of carbonyl (C=O) groups excluding carboxylic acids is 4. The number of amides is 4. The molecule has 2 saturated carbocycles. The van der Waals surface area contributed by atoms with E-state index in [4.69, 9.17) is 14.5 Å². The van der Waals surface area contributed by atoms with Crippen LogP contribution in [0.1, 0.15) is 109 Å². The van der Waals surface area contributed by atoms with Crippen LogP contribution in [0.2, 0.25) is 0 Å².